The van der Waals surface area contributed by atoms with Crippen LogP contribution >= 0.6 is 0 Å². The molecule has 1 saturated heterocycles. The fraction of sp³-hybridized carbons (Fsp3) is 0.292. The number of rotatable bonds is 4. The van der Waals surface area contributed by atoms with Gasteiger partial charge in [0.15, 0.2) is 0 Å². The van der Waals surface area contributed by atoms with Crippen molar-refractivity contribution < 1.29 is 31.1 Å². The highest BCUT2D eigenvalue weighted by Crippen LogP contribution is 2.32. The fourth-order valence-electron chi connectivity index (χ4n) is 3.87. The molecule has 1 aliphatic heterocycles. The lowest BCUT2D eigenvalue weighted by Gasteiger charge is -2.36. The van der Waals surface area contributed by atoms with Crippen LogP contribution in [0, 0.1) is 0 Å². The lowest BCUT2D eigenvalue weighted by molar-refractivity contribution is -0.138. The second-order valence-electron chi connectivity index (χ2n) is 8.23. The molecule has 4 rings (SSSR count). The number of carbonyl (C=O) groups is 1. The molecule has 0 bridgehead atoms. The van der Waals surface area contributed by atoms with Crippen molar-refractivity contribution in [3.8, 4) is 11.3 Å². The first-order valence-electron chi connectivity index (χ1n) is 10.9. The number of hydrogen-bond donors (Lipinski definition) is 0. The second kappa shape index (κ2) is 9.67. The molecular formula is C24H20F6N4O2. The number of halogens is 6. The molecule has 0 aliphatic carbocycles. The number of amides is 1. The van der Waals surface area contributed by atoms with Gasteiger partial charge in [0, 0.05) is 43.5 Å². The van der Waals surface area contributed by atoms with Crippen LogP contribution in [0.25, 0.3) is 11.3 Å². The Morgan fingerprint density at radius 3 is 2.06 bits per heavy atom. The van der Waals surface area contributed by atoms with Gasteiger partial charge in [-0.3, -0.25) is 14.2 Å². The van der Waals surface area contributed by atoms with E-state index in [1.165, 1.54) is 23.1 Å². The summed E-state index contributed by atoms with van der Waals surface area (Å²) >= 11 is 0. The van der Waals surface area contributed by atoms with Crippen LogP contribution in [0.15, 0.2) is 65.7 Å². The standard InChI is InChI=1S/C24H20F6N4O2/c25-23(26,27)17-6-4-16(5-7-17)20-13-21(35)34(15-31-20)14-22(36)33-10-8-32(9-11-33)19-3-1-2-18(12-19)24(28,29)30/h1-7,12-13,15H,8-11,14H2. The Labute approximate surface area is 201 Å². The summed E-state index contributed by atoms with van der Waals surface area (Å²) in [7, 11) is 0. The molecule has 0 spiro atoms. The van der Waals surface area contributed by atoms with Crippen molar-refractivity contribution in [3.05, 3.63) is 82.4 Å². The van der Waals surface area contributed by atoms with E-state index in [0.29, 0.717) is 24.3 Å². The van der Waals surface area contributed by atoms with E-state index in [0.717, 1.165) is 41.2 Å². The number of alkyl halides is 6. The molecule has 0 radical (unpaired) electrons. The van der Waals surface area contributed by atoms with Crippen molar-refractivity contribution in [2.45, 2.75) is 18.9 Å². The quantitative estimate of drug-likeness (QED) is 0.492. The van der Waals surface area contributed by atoms with Gasteiger partial charge >= 0.3 is 12.4 Å². The van der Waals surface area contributed by atoms with Gasteiger partial charge in [0.25, 0.3) is 5.56 Å². The minimum Gasteiger partial charge on any atom is -0.368 e. The zero-order valence-corrected chi connectivity index (χ0v) is 18.7. The lowest BCUT2D eigenvalue weighted by atomic mass is 10.1. The van der Waals surface area contributed by atoms with E-state index < -0.39 is 29.0 Å². The maximum absolute atomic E-state index is 13.0. The van der Waals surface area contributed by atoms with E-state index >= 15 is 0 Å². The minimum absolute atomic E-state index is 0.173. The van der Waals surface area contributed by atoms with E-state index in [1.54, 1.807) is 11.0 Å². The first-order valence-corrected chi connectivity index (χ1v) is 10.9. The number of carbonyl (C=O) groups excluding carboxylic acids is 1. The third kappa shape index (κ3) is 5.69. The summed E-state index contributed by atoms with van der Waals surface area (Å²) in [5.74, 6) is -0.357. The Kier molecular flexibility index (Phi) is 6.79. The number of anilines is 1. The Hall–Kier alpha value is -3.83. The molecule has 1 amide bonds. The third-order valence-corrected chi connectivity index (χ3v) is 5.86. The maximum atomic E-state index is 13.0. The van der Waals surface area contributed by atoms with Gasteiger partial charge in [-0.25, -0.2) is 4.98 Å². The maximum Gasteiger partial charge on any atom is 0.416 e. The van der Waals surface area contributed by atoms with Crippen molar-refractivity contribution in [3.63, 3.8) is 0 Å². The topological polar surface area (TPSA) is 58.4 Å². The number of aromatic nitrogens is 2. The lowest BCUT2D eigenvalue weighted by Crippen LogP contribution is -2.50. The molecule has 6 nitrogen and oxygen atoms in total. The average Bonchev–Trinajstić information content (AvgIpc) is 2.84. The predicted octanol–water partition coefficient (Wildman–Crippen LogP) is 4.30. The monoisotopic (exact) mass is 510 g/mol. The van der Waals surface area contributed by atoms with Crippen molar-refractivity contribution in [1.82, 2.24) is 14.5 Å². The fourth-order valence-corrected chi connectivity index (χ4v) is 3.87. The van der Waals surface area contributed by atoms with Crippen LogP contribution in [0.1, 0.15) is 11.1 Å². The molecule has 36 heavy (non-hydrogen) atoms. The summed E-state index contributed by atoms with van der Waals surface area (Å²) in [6.45, 7) is 0.893. The van der Waals surface area contributed by atoms with Crippen molar-refractivity contribution >= 4 is 11.6 Å². The van der Waals surface area contributed by atoms with Gasteiger partial charge < -0.3 is 9.80 Å². The summed E-state index contributed by atoms with van der Waals surface area (Å²) in [5, 5.41) is 0. The Bertz CT molecular complexity index is 1290. The summed E-state index contributed by atoms with van der Waals surface area (Å²) in [4.78, 5) is 32.5. The SMILES string of the molecule is O=C(Cn1cnc(-c2ccc(C(F)(F)F)cc2)cc1=O)N1CCN(c2cccc(C(F)(F)F)c2)CC1. The van der Waals surface area contributed by atoms with E-state index in [-0.39, 0.29) is 31.2 Å². The average molecular weight is 510 g/mol. The molecular weight excluding hydrogens is 490 g/mol. The van der Waals surface area contributed by atoms with E-state index in [1.807, 2.05) is 0 Å². The molecule has 2 aromatic carbocycles. The van der Waals surface area contributed by atoms with E-state index in [4.69, 9.17) is 0 Å². The smallest absolute Gasteiger partial charge is 0.368 e. The van der Waals surface area contributed by atoms with E-state index in [9.17, 15) is 35.9 Å². The van der Waals surface area contributed by atoms with Gasteiger partial charge in [-0.15, -0.1) is 0 Å². The first kappa shape index (κ1) is 25.3. The normalized spacial score (nSPS) is 14.7. The van der Waals surface area contributed by atoms with Gasteiger partial charge in [0.2, 0.25) is 5.91 Å². The van der Waals surface area contributed by atoms with Crippen LogP contribution in [-0.2, 0) is 23.7 Å². The molecule has 1 aromatic heterocycles. The molecule has 0 saturated carbocycles. The molecule has 12 heteroatoms. The molecule has 190 valence electrons. The Morgan fingerprint density at radius 2 is 1.47 bits per heavy atom. The number of nitrogens with zero attached hydrogens (tertiary/aromatic N) is 4. The predicted molar refractivity (Wildman–Crippen MR) is 119 cm³/mol. The Morgan fingerprint density at radius 1 is 0.833 bits per heavy atom. The molecule has 0 unspecified atom stereocenters. The van der Waals surface area contributed by atoms with Gasteiger partial charge in [-0.2, -0.15) is 26.3 Å². The Balaban J connectivity index is 1.37. The highest BCUT2D eigenvalue weighted by molar-refractivity contribution is 5.76. The molecule has 1 fully saturated rings. The molecule has 0 atom stereocenters. The van der Waals surface area contributed by atoms with Crippen molar-refractivity contribution in [2.24, 2.45) is 0 Å². The zero-order chi connectivity index (χ0) is 26.1. The minimum atomic E-state index is -4.48. The van der Waals surface area contributed by atoms with E-state index in [2.05, 4.69) is 4.98 Å². The summed E-state index contributed by atoms with van der Waals surface area (Å²) in [6.07, 6.45) is -7.77. The van der Waals surface area contributed by atoms with Gasteiger partial charge in [0.1, 0.15) is 6.54 Å². The van der Waals surface area contributed by atoms with Crippen LogP contribution in [-0.4, -0.2) is 46.5 Å². The summed E-state index contributed by atoms with van der Waals surface area (Å²) in [5.41, 5.74) is -1.20. The zero-order valence-electron chi connectivity index (χ0n) is 18.7. The van der Waals surface area contributed by atoms with Crippen molar-refractivity contribution in [1.29, 1.82) is 0 Å². The highest BCUT2D eigenvalue weighted by Gasteiger charge is 2.32. The largest absolute Gasteiger partial charge is 0.416 e. The van der Waals surface area contributed by atoms with Gasteiger partial charge in [0.05, 0.1) is 23.1 Å². The highest BCUT2D eigenvalue weighted by atomic mass is 19.4. The van der Waals surface area contributed by atoms with Crippen molar-refractivity contribution in [2.75, 3.05) is 31.1 Å². The molecule has 1 aliphatic rings. The van der Waals surface area contributed by atoms with Crippen LogP contribution in [0.5, 0.6) is 0 Å². The number of piperazine rings is 1. The summed E-state index contributed by atoms with van der Waals surface area (Å²) < 4.78 is 78.2. The van der Waals surface area contributed by atoms with Gasteiger partial charge in [-0.05, 0) is 30.3 Å². The summed E-state index contributed by atoms with van der Waals surface area (Å²) in [6, 6.07) is 10.3. The first-order chi connectivity index (χ1) is 16.9. The van der Waals surface area contributed by atoms with Crippen LogP contribution in [0.3, 0.4) is 0 Å². The molecule has 2 heterocycles. The van der Waals surface area contributed by atoms with Crippen LogP contribution in [0.2, 0.25) is 0 Å². The molecule has 0 N–H and O–H groups in total. The number of hydrogen-bond acceptors (Lipinski definition) is 4. The van der Waals surface area contributed by atoms with Crippen LogP contribution in [0.4, 0.5) is 32.0 Å². The van der Waals surface area contributed by atoms with Gasteiger partial charge in [-0.1, -0.05) is 18.2 Å². The molecule has 3 aromatic rings. The third-order valence-electron chi connectivity index (χ3n) is 5.86. The number of benzene rings is 2. The van der Waals surface area contributed by atoms with Crippen LogP contribution < -0.4 is 10.5 Å². The second-order valence-corrected chi connectivity index (χ2v) is 8.23.